The molecule has 2 N–H and O–H groups in total. The number of rotatable bonds is 3. The van der Waals surface area contributed by atoms with E-state index in [-0.39, 0.29) is 16.1 Å². The number of hydrogen-bond donors (Lipinski definition) is 1. The lowest BCUT2D eigenvalue weighted by molar-refractivity contribution is -0.0258. The molecule has 7 heteroatoms. The van der Waals surface area contributed by atoms with E-state index in [1.165, 1.54) is 27.1 Å². The zero-order valence-electron chi connectivity index (χ0n) is 9.19. The molecule has 1 aromatic carbocycles. The smallest absolute Gasteiger partial charge is 0.264 e. The Morgan fingerprint density at radius 1 is 1.44 bits per heavy atom. The van der Waals surface area contributed by atoms with Gasteiger partial charge in [-0.15, -0.1) is 0 Å². The molecule has 0 aliphatic carbocycles. The van der Waals surface area contributed by atoms with E-state index in [0.29, 0.717) is 4.47 Å². The summed E-state index contributed by atoms with van der Waals surface area (Å²) in [5, 5.41) is 0. The van der Waals surface area contributed by atoms with Crippen LogP contribution in [0.15, 0.2) is 17.0 Å². The van der Waals surface area contributed by atoms with Crippen LogP contribution in [0.4, 0.5) is 10.1 Å². The van der Waals surface area contributed by atoms with Crippen LogP contribution in [0, 0.1) is 12.7 Å². The predicted octanol–water partition coefficient (Wildman–Crippen LogP) is 0.898. The number of nitrogens with zero attached hydrogens (tertiary/aromatic N) is 1. The molecule has 0 aliphatic rings. The average molecular weight is 248 g/mol. The van der Waals surface area contributed by atoms with Crippen LogP contribution in [0.5, 0.6) is 0 Å². The first-order valence-corrected chi connectivity index (χ1v) is 5.83. The zero-order valence-corrected chi connectivity index (χ0v) is 10.0. The number of hydroxylamine groups is 1. The highest BCUT2D eigenvalue weighted by Crippen LogP contribution is 2.22. The molecule has 0 heterocycles. The number of sulfonamides is 1. The molecule has 0 unspecified atom stereocenters. The van der Waals surface area contributed by atoms with Crippen LogP contribution < -0.4 is 5.73 Å². The molecule has 0 fully saturated rings. The van der Waals surface area contributed by atoms with E-state index >= 15 is 0 Å². The van der Waals surface area contributed by atoms with Gasteiger partial charge in [-0.2, -0.15) is 0 Å². The number of nitrogen functional groups attached to an aromatic ring is 1. The van der Waals surface area contributed by atoms with Gasteiger partial charge in [-0.1, -0.05) is 4.47 Å². The lowest BCUT2D eigenvalue weighted by atomic mass is 10.2. The zero-order chi connectivity index (χ0) is 12.5. The van der Waals surface area contributed by atoms with Gasteiger partial charge in [0.05, 0.1) is 12.0 Å². The SMILES string of the molecule is CON(C)S(=O)(=O)c1cc(N)c(C)c(F)c1. The maximum atomic E-state index is 13.3. The Morgan fingerprint density at radius 2 is 2.00 bits per heavy atom. The molecule has 0 radical (unpaired) electrons. The van der Waals surface area contributed by atoms with Crippen LogP contribution >= 0.6 is 0 Å². The van der Waals surface area contributed by atoms with E-state index in [4.69, 9.17) is 5.73 Å². The summed E-state index contributed by atoms with van der Waals surface area (Å²) >= 11 is 0. The van der Waals surface area contributed by atoms with Crippen molar-refractivity contribution in [3.63, 3.8) is 0 Å². The lowest BCUT2D eigenvalue weighted by Gasteiger charge is -2.15. The molecule has 1 rings (SSSR count). The van der Waals surface area contributed by atoms with Gasteiger partial charge in [-0.3, -0.25) is 4.84 Å². The van der Waals surface area contributed by atoms with Gasteiger partial charge in [0, 0.05) is 18.3 Å². The van der Waals surface area contributed by atoms with Crippen LogP contribution in [0.1, 0.15) is 5.56 Å². The number of anilines is 1. The van der Waals surface area contributed by atoms with Crippen molar-refractivity contribution in [2.75, 3.05) is 19.9 Å². The van der Waals surface area contributed by atoms with Crippen molar-refractivity contribution in [1.82, 2.24) is 4.47 Å². The molecule has 0 saturated heterocycles. The molecule has 5 nitrogen and oxygen atoms in total. The van der Waals surface area contributed by atoms with Crippen LogP contribution in [-0.2, 0) is 14.9 Å². The number of benzene rings is 1. The summed E-state index contributed by atoms with van der Waals surface area (Å²) in [4.78, 5) is 4.32. The van der Waals surface area contributed by atoms with Crippen LogP contribution in [0.25, 0.3) is 0 Å². The molecule has 16 heavy (non-hydrogen) atoms. The fraction of sp³-hybridized carbons (Fsp3) is 0.333. The standard InChI is InChI=1S/C9H13FN2O3S/c1-6-8(10)4-7(5-9(6)11)16(13,14)12(2)15-3/h4-5H,11H2,1-3H3. The molecular weight excluding hydrogens is 235 g/mol. The normalized spacial score (nSPS) is 12.1. The first-order chi connectivity index (χ1) is 7.30. The Morgan fingerprint density at radius 3 is 2.44 bits per heavy atom. The first-order valence-electron chi connectivity index (χ1n) is 4.39. The molecule has 0 amide bonds. The number of hydrogen-bond acceptors (Lipinski definition) is 4. The molecule has 0 spiro atoms. The highest BCUT2D eigenvalue weighted by atomic mass is 32.2. The molecule has 0 aliphatic heterocycles. The van der Waals surface area contributed by atoms with Crippen molar-refractivity contribution in [2.45, 2.75) is 11.8 Å². The second-order valence-corrected chi connectivity index (χ2v) is 5.15. The van der Waals surface area contributed by atoms with E-state index in [9.17, 15) is 12.8 Å². The van der Waals surface area contributed by atoms with Crippen LogP contribution in [0.2, 0.25) is 0 Å². The molecule has 0 atom stereocenters. The van der Waals surface area contributed by atoms with Gasteiger partial charge in [0.25, 0.3) is 10.0 Å². The Balaban J connectivity index is 3.36. The molecule has 0 saturated carbocycles. The third kappa shape index (κ3) is 2.16. The highest BCUT2D eigenvalue weighted by molar-refractivity contribution is 7.89. The van der Waals surface area contributed by atoms with E-state index in [2.05, 4.69) is 4.84 Å². The summed E-state index contributed by atoms with van der Waals surface area (Å²) in [7, 11) is -1.45. The quantitative estimate of drug-likeness (QED) is 0.637. The van der Waals surface area contributed by atoms with Crippen LogP contribution in [0.3, 0.4) is 0 Å². The highest BCUT2D eigenvalue weighted by Gasteiger charge is 2.22. The predicted molar refractivity (Wildman–Crippen MR) is 57.5 cm³/mol. The minimum Gasteiger partial charge on any atom is -0.398 e. The summed E-state index contributed by atoms with van der Waals surface area (Å²) in [5.41, 5.74) is 5.80. The fourth-order valence-electron chi connectivity index (χ4n) is 1.07. The van der Waals surface area contributed by atoms with Crippen LogP contribution in [-0.4, -0.2) is 27.0 Å². The van der Waals surface area contributed by atoms with E-state index in [1.54, 1.807) is 0 Å². The van der Waals surface area contributed by atoms with Gasteiger partial charge in [0.1, 0.15) is 5.82 Å². The minimum absolute atomic E-state index is 0.0862. The molecule has 0 bridgehead atoms. The summed E-state index contributed by atoms with van der Waals surface area (Å²) < 4.78 is 37.5. The lowest BCUT2D eigenvalue weighted by Crippen LogP contribution is -2.26. The van der Waals surface area contributed by atoms with Gasteiger partial charge >= 0.3 is 0 Å². The Bertz CT molecular complexity index is 478. The van der Waals surface area contributed by atoms with Crippen molar-refractivity contribution < 1.29 is 17.6 Å². The Kier molecular flexibility index (Phi) is 3.51. The van der Waals surface area contributed by atoms with Gasteiger partial charge in [-0.05, 0) is 19.1 Å². The second-order valence-electron chi connectivity index (χ2n) is 3.22. The molecule has 1 aromatic rings. The molecule has 0 aromatic heterocycles. The maximum Gasteiger partial charge on any atom is 0.264 e. The van der Waals surface area contributed by atoms with Gasteiger partial charge in [0.15, 0.2) is 0 Å². The van der Waals surface area contributed by atoms with Crippen molar-refractivity contribution in [2.24, 2.45) is 0 Å². The third-order valence-corrected chi connectivity index (χ3v) is 3.91. The van der Waals surface area contributed by atoms with Gasteiger partial charge in [-0.25, -0.2) is 12.8 Å². The number of halogens is 1. The largest absolute Gasteiger partial charge is 0.398 e. The summed E-state index contributed by atoms with van der Waals surface area (Å²) in [6, 6.07) is 2.11. The molecular formula is C9H13FN2O3S. The Hall–Kier alpha value is -1.18. The summed E-state index contributed by atoms with van der Waals surface area (Å²) in [5.74, 6) is -0.664. The van der Waals surface area contributed by atoms with E-state index < -0.39 is 15.8 Å². The van der Waals surface area contributed by atoms with Gasteiger partial charge < -0.3 is 5.73 Å². The topological polar surface area (TPSA) is 72.6 Å². The summed E-state index contributed by atoms with van der Waals surface area (Å²) in [6.45, 7) is 1.47. The fourth-order valence-corrected chi connectivity index (χ4v) is 2.09. The average Bonchev–Trinajstić information content (AvgIpc) is 2.23. The maximum absolute atomic E-state index is 13.3. The van der Waals surface area contributed by atoms with Crippen molar-refractivity contribution in [1.29, 1.82) is 0 Å². The van der Waals surface area contributed by atoms with Crippen molar-refractivity contribution in [3.8, 4) is 0 Å². The van der Waals surface area contributed by atoms with E-state index in [0.717, 1.165) is 6.07 Å². The second kappa shape index (κ2) is 4.36. The van der Waals surface area contributed by atoms with Crippen molar-refractivity contribution >= 4 is 15.7 Å². The molecule has 90 valence electrons. The Labute approximate surface area is 93.6 Å². The monoisotopic (exact) mass is 248 g/mol. The number of nitrogens with two attached hydrogens (primary N) is 1. The first kappa shape index (κ1) is 12.9. The third-order valence-electron chi connectivity index (χ3n) is 2.25. The van der Waals surface area contributed by atoms with Gasteiger partial charge in [0.2, 0.25) is 0 Å². The van der Waals surface area contributed by atoms with E-state index in [1.807, 2.05) is 0 Å². The summed E-state index contributed by atoms with van der Waals surface area (Å²) in [6.07, 6.45) is 0. The van der Waals surface area contributed by atoms with Crippen molar-refractivity contribution in [3.05, 3.63) is 23.5 Å². The minimum atomic E-state index is -3.86.